The van der Waals surface area contributed by atoms with Gasteiger partial charge in [-0.1, -0.05) is 11.8 Å². The Hall–Kier alpha value is -2.14. The zero-order chi connectivity index (χ0) is 20.7. The van der Waals surface area contributed by atoms with Crippen molar-refractivity contribution in [3.63, 3.8) is 0 Å². The van der Waals surface area contributed by atoms with E-state index in [1.54, 1.807) is 0 Å². The fourth-order valence-electron chi connectivity index (χ4n) is 2.45. The minimum atomic E-state index is -1.26. The Labute approximate surface area is 160 Å². The lowest BCUT2D eigenvalue weighted by Crippen LogP contribution is -2.61. The largest absolute Gasteiger partial charge is 0.463 e. The van der Waals surface area contributed by atoms with E-state index in [4.69, 9.17) is 23.7 Å². The van der Waals surface area contributed by atoms with Crippen LogP contribution in [0.1, 0.15) is 34.6 Å². The van der Waals surface area contributed by atoms with Crippen molar-refractivity contribution in [3.8, 4) is 0 Å². The van der Waals surface area contributed by atoms with E-state index in [0.717, 1.165) is 20.8 Å². The Kier molecular flexibility index (Phi) is 8.70. The Balaban J connectivity index is 3.29. The second-order valence-corrected chi connectivity index (χ2v) is 6.95. The van der Waals surface area contributed by atoms with Gasteiger partial charge >= 0.3 is 23.9 Å². The van der Waals surface area contributed by atoms with Gasteiger partial charge in [0.15, 0.2) is 28.9 Å². The molecule has 10 nitrogen and oxygen atoms in total. The molecule has 1 rings (SSSR count). The summed E-state index contributed by atoms with van der Waals surface area (Å²) >= 11 is 0.705. The van der Waals surface area contributed by atoms with Crippen molar-refractivity contribution in [2.24, 2.45) is 0 Å². The second-order valence-electron chi connectivity index (χ2n) is 5.68. The molecule has 0 amide bonds. The van der Waals surface area contributed by atoms with Gasteiger partial charge in [-0.15, -0.1) is 0 Å². The summed E-state index contributed by atoms with van der Waals surface area (Å²) in [7, 11) is 0. The van der Waals surface area contributed by atoms with E-state index < -0.39 is 53.7 Å². The normalized spacial score (nSPS) is 27.2. The highest BCUT2D eigenvalue weighted by Gasteiger charge is 2.52. The van der Waals surface area contributed by atoms with Crippen LogP contribution in [0.5, 0.6) is 0 Å². The molecular weight excluding hydrogens is 385 g/mol. The number of esters is 4. The minimum absolute atomic E-state index is 0.327. The van der Waals surface area contributed by atoms with Crippen molar-refractivity contribution in [1.29, 1.82) is 0 Å². The summed E-state index contributed by atoms with van der Waals surface area (Å²) in [6.07, 6.45) is -4.76. The Morgan fingerprint density at radius 1 is 0.741 bits per heavy atom. The average Bonchev–Trinajstić information content (AvgIpc) is 2.49. The van der Waals surface area contributed by atoms with E-state index in [1.807, 2.05) is 0 Å². The molecule has 0 unspecified atom stereocenters. The number of ether oxygens (including phenoxy) is 5. The standard InChI is InChI=1S/C16H22O10S/c1-7(17)22-6-12-13(23-8(2)18)14(24-9(3)19)15(25-10(4)20)16(26-12)27-11(5)21/h12-16H,6H2,1-5H3/t12-,13+,14+,15-,16+/m1/s1/i16+1. The molecule has 0 spiro atoms. The van der Waals surface area contributed by atoms with Gasteiger partial charge in [0.05, 0.1) is 0 Å². The van der Waals surface area contributed by atoms with Crippen LogP contribution < -0.4 is 0 Å². The molecule has 1 aliphatic heterocycles. The quantitative estimate of drug-likeness (QED) is 0.343. The van der Waals surface area contributed by atoms with Gasteiger partial charge in [-0.2, -0.15) is 0 Å². The van der Waals surface area contributed by atoms with Crippen molar-refractivity contribution >= 4 is 40.8 Å². The van der Waals surface area contributed by atoms with Gasteiger partial charge in [-0.05, 0) is 0 Å². The lowest BCUT2D eigenvalue weighted by Gasteiger charge is -2.43. The van der Waals surface area contributed by atoms with Crippen molar-refractivity contribution < 1.29 is 47.7 Å². The monoisotopic (exact) mass is 407 g/mol. The van der Waals surface area contributed by atoms with Crippen LogP contribution in [-0.4, -0.2) is 65.5 Å². The molecule has 1 fully saturated rings. The number of carbonyl (C=O) groups is 5. The van der Waals surface area contributed by atoms with Gasteiger partial charge in [-0.25, -0.2) is 0 Å². The Morgan fingerprint density at radius 2 is 1.22 bits per heavy atom. The van der Waals surface area contributed by atoms with E-state index in [-0.39, 0.29) is 11.7 Å². The summed E-state index contributed by atoms with van der Waals surface area (Å²) < 4.78 is 26.2. The summed E-state index contributed by atoms with van der Waals surface area (Å²) in [5, 5.41) is -0.351. The number of carbonyl (C=O) groups excluding carboxylic acids is 5. The van der Waals surface area contributed by atoms with Crippen LogP contribution in [0.15, 0.2) is 0 Å². The lowest BCUT2D eigenvalue weighted by molar-refractivity contribution is -0.237. The van der Waals surface area contributed by atoms with E-state index in [2.05, 4.69) is 0 Å². The van der Waals surface area contributed by atoms with E-state index in [1.165, 1.54) is 13.8 Å². The highest BCUT2D eigenvalue weighted by molar-refractivity contribution is 8.14. The first-order chi connectivity index (χ1) is 12.5. The molecule has 5 atom stereocenters. The average molecular weight is 407 g/mol. The number of rotatable bonds is 6. The van der Waals surface area contributed by atoms with Crippen LogP contribution in [0.3, 0.4) is 0 Å². The molecule has 0 aromatic carbocycles. The molecule has 0 aliphatic carbocycles. The third kappa shape index (κ3) is 7.55. The maximum absolute atomic E-state index is 11.6. The van der Waals surface area contributed by atoms with Crippen molar-refractivity contribution in [3.05, 3.63) is 0 Å². The molecule has 152 valence electrons. The zero-order valence-electron chi connectivity index (χ0n) is 15.6. The van der Waals surface area contributed by atoms with Crippen molar-refractivity contribution in [1.82, 2.24) is 0 Å². The molecule has 11 heteroatoms. The molecule has 0 aromatic rings. The van der Waals surface area contributed by atoms with E-state index in [9.17, 15) is 24.0 Å². The Bertz CT molecular complexity index is 604. The Morgan fingerprint density at radius 3 is 1.67 bits per heavy atom. The number of hydrogen-bond acceptors (Lipinski definition) is 11. The molecule has 1 heterocycles. The lowest BCUT2D eigenvalue weighted by atomic mass is 10.0. The molecule has 1 aliphatic rings. The SMILES string of the molecule is CC(=O)OC[C@H]1O[13C@@H](SC(C)=O)[C@H](OC(C)=O)[C@@H](OC(C)=O)[C@H]1OC(C)=O. The molecule has 0 aromatic heterocycles. The van der Waals surface area contributed by atoms with Crippen LogP contribution >= 0.6 is 11.8 Å². The smallest absolute Gasteiger partial charge is 0.303 e. The zero-order valence-corrected chi connectivity index (χ0v) is 16.4. The molecule has 1 saturated heterocycles. The predicted octanol–water partition coefficient (Wildman–Crippen LogP) is 0.349. The topological polar surface area (TPSA) is 132 Å². The summed E-state index contributed by atoms with van der Waals surface area (Å²) in [6.45, 7) is 5.51. The van der Waals surface area contributed by atoms with Gasteiger partial charge in [0.1, 0.15) is 12.7 Å². The second kappa shape index (κ2) is 10.3. The summed E-state index contributed by atoms with van der Waals surface area (Å²) in [5.74, 6) is -2.76. The van der Waals surface area contributed by atoms with Gasteiger partial charge < -0.3 is 23.7 Å². The summed E-state index contributed by atoms with van der Waals surface area (Å²) in [5.41, 5.74) is -1.07. The van der Waals surface area contributed by atoms with Crippen LogP contribution in [0.25, 0.3) is 0 Å². The summed E-state index contributed by atoms with van der Waals surface area (Å²) in [4.78, 5) is 57.3. The number of thioether (sulfide) groups is 1. The van der Waals surface area contributed by atoms with Crippen LogP contribution in [-0.2, 0) is 47.7 Å². The molecule has 0 radical (unpaired) electrons. The molecule has 27 heavy (non-hydrogen) atoms. The molecular formula is C16H22O10S. The van der Waals surface area contributed by atoms with Gasteiger partial charge in [0.25, 0.3) is 0 Å². The van der Waals surface area contributed by atoms with Crippen molar-refractivity contribution in [2.45, 2.75) is 64.5 Å². The minimum Gasteiger partial charge on any atom is -0.463 e. The first-order valence-electron chi connectivity index (χ1n) is 7.99. The third-order valence-corrected chi connectivity index (χ3v) is 4.17. The highest BCUT2D eigenvalue weighted by atomic mass is 32.2. The maximum Gasteiger partial charge on any atom is 0.303 e. The summed E-state index contributed by atoms with van der Waals surface area (Å²) in [6, 6.07) is 0. The maximum atomic E-state index is 11.6. The van der Waals surface area contributed by atoms with Crippen LogP contribution in [0.2, 0.25) is 0 Å². The van der Waals surface area contributed by atoms with Crippen LogP contribution in [0, 0.1) is 0 Å². The third-order valence-electron chi connectivity index (χ3n) is 3.23. The van der Waals surface area contributed by atoms with Crippen molar-refractivity contribution in [2.75, 3.05) is 6.61 Å². The predicted molar refractivity (Wildman–Crippen MR) is 90.2 cm³/mol. The van der Waals surface area contributed by atoms with Crippen LogP contribution in [0.4, 0.5) is 0 Å². The molecule has 0 bridgehead atoms. The highest BCUT2D eigenvalue weighted by Crippen LogP contribution is 2.34. The fourth-order valence-corrected chi connectivity index (χ4v) is 3.32. The first-order valence-corrected chi connectivity index (χ1v) is 8.87. The van der Waals surface area contributed by atoms with Gasteiger partial charge in [0, 0.05) is 34.6 Å². The molecule has 0 saturated carbocycles. The van der Waals surface area contributed by atoms with Gasteiger partial charge in [-0.3, -0.25) is 24.0 Å². The fraction of sp³-hybridized carbons (Fsp3) is 0.688. The first kappa shape index (κ1) is 22.9. The number of hydrogen-bond donors (Lipinski definition) is 0. The van der Waals surface area contributed by atoms with E-state index in [0.29, 0.717) is 11.8 Å². The van der Waals surface area contributed by atoms with Gasteiger partial charge in [0.2, 0.25) is 0 Å². The molecule has 0 N–H and O–H groups in total. The van der Waals surface area contributed by atoms with E-state index >= 15 is 0 Å².